The van der Waals surface area contributed by atoms with Gasteiger partial charge in [-0.25, -0.2) is 0 Å². The van der Waals surface area contributed by atoms with E-state index in [4.69, 9.17) is 4.74 Å². The van der Waals surface area contributed by atoms with Crippen molar-refractivity contribution in [3.8, 4) is 11.5 Å². The average molecular weight is 337 g/mol. The summed E-state index contributed by atoms with van der Waals surface area (Å²) < 4.78 is 5.93. The number of aliphatic carboxylic acids is 1. The Morgan fingerprint density at radius 3 is 2.16 bits per heavy atom. The molecule has 5 heteroatoms. The van der Waals surface area contributed by atoms with Gasteiger partial charge in [-0.2, -0.15) is 0 Å². The maximum absolute atomic E-state index is 13.3. The maximum Gasteiger partial charge on any atom is 0.311 e. The molecule has 1 atom stereocenters. The van der Waals surface area contributed by atoms with Gasteiger partial charge in [-0.05, 0) is 25.5 Å². The van der Waals surface area contributed by atoms with Crippen molar-refractivity contribution in [3.63, 3.8) is 0 Å². The van der Waals surface area contributed by atoms with Crippen LogP contribution in [0.5, 0.6) is 11.5 Å². The van der Waals surface area contributed by atoms with Crippen LogP contribution in [0.25, 0.3) is 0 Å². The van der Waals surface area contributed by atoms with E-state index in [1.54, 1.807) is 11.8 Å². The highest BCUT2D eigenvalue weighted by Crippen LogP contribution is 2.45. The summed E-state index contributed by atoms with van der Waals surface area (Å²) in [6.45, 7) is 2.40. The predicted molar refractivity (Wildman–Crippen MR) is 91.7 cm³/mol. The van der Waals surface area contributed by atoms with E-state index < -0.39 is 17.3 Å². The quantitative estimate of drug-likeness (QED) is 0.913. The fourth-order valence-corrected chi connectivity index (χ4v) is 3.68. The molecule has 0 bridgehead atoms. The highest BCUT2D eigenvalue weighted by atomic mass is 16.5. The van der Waals surface area contributed by atoms with Crippen LogP contribution in [0.15, 0.2) is 48.5 Å². The SMILES string of the molecule is CC1(C(=O)O)CCN(C(=O)C2c3ccccc3Oc3ccccc32)C1. The minimum Gasteiger partial charge on any atom is -0.481 e. The van der Waals surface area contributed by atoms with Crippen LogP contribution in [0.2, 0.25) is 0 Å². The third-order valence-electron chi connectivity index (χ3n) is 5.23. The second-order valence-electron chi connectivity index (χ2n) is 6.99. The first-order valence-corrected chi connectivity index (χ1v) is 8.37. The molecule has 2 aliphatic rings. The van der Waals surface area contributed by atoms with E-state index in [-0.39, 0.29) is 12.5 Å². The number of ether oxygens (including phenoxy) is 1. The maximum atomic E-state index is 13.3. The number of fused-ring (bicyclic) bond motifs is 2. The van der Waals surface area contributed by atoms with E-state index >= 15 is 0 Å². The monoisotopic (exact) mass is 337 g/mol. The smallest absolute Gasteiger partial charge is 0.311 e. The molecule has 5 nitrogen and oxygen atoms in total. The summed E-state index contributed by atoms with van der Waals surface area (Å²) in [5.74, 6) is -0.0134. The van der Waals surface area contributed by atoms with Crippen molar-refractivity contribution in [2.45, 2.75) is 19.3 Å². The largest absolute Gasteiger partial charge is 0.481 e. The van der Waals surface area contributed by atoms with Crippen molar-refractivity contribution in [2.24, 2.45) is 5.41 Å². The van der Waals surface area contributed by atoms with Gasteiger partial charge in [-0.15, -0.1) is 0 Å². The molecule has 1 unspecified atom stereocenters. The number of carboxylic acid groups (broad SMARTS) is 1. The molecule has 128 valence electrons. The molecule has 25 heavy (non-hydrogen) atoms. The van der Waals surface area contributed by atoms with Crippen molar-refractivity contribution < 1.29 is 19.4 Å². The number of carbonyl (C=O) groups excluding carboxylic acids is 1. The molecule has 0 saturated carbocycles. The zero-order valence-corrected chi connectivity index (χ0v) is 13.9. The molecular weight excluding hydrogens is 318 g/mol. The van der Waals surface area contributed by atoms with Crippen LogP contribution < -0.4 is 4.74 Å². The van der Waals surface area contributed by atoms with E-state index in [1.165, 1.54) is 0 Å². The summed E-state index contributed by atoms with van der Waals surface area (Å²) in [5, 5.41) is 9.44. The lowest BCUT2D eigenvalue weighted by molar-refractivity contribution is -0.147. The van der Waals surface area contributed by atoms with Gasteiger partial charge in [0.15, 0.2) is 0 Å². The van der Waals surface area contributed by atoms with Gasteiger partial charge in [0.05, 0.1) is 11.3 Å². The van der Waals surface area contributed by atoms with Crippen LogP contribution in [-0.4, -0.2) is 35.0 Å². The van der Waals surface area contributed by atoms with E-state index in [1.807, 2.05) is 48.5 Å². The topological polar surface area (TPSA) is 66.8 Å². The molecule has 1 fully saturated rings. The lowest BCUT2D eigenvalue weighted by Gasteiger charge is -2.30. The number of hydrogen-bond donors (Lipinski definition) is 1. The third kappa shape index (κ3) is 2.47. The molecule has 2 heterocycles. The Hall–Kier alpha value is -2.82. The van der Waals surface area contributed by atoms with Crippen LogP contribution in [0.4, 0.5) is 0 Å². The first kappa shape index (κ1) is 15.7. The molecule has 0 radical (unpaired) electrons. The number of carboxylic acids is 1. The molecule has 2 aromatic rings. The van der Waals surface area contributed by atoms with E-state index in [0.717, 1.165) is 11.1 Å². The van der Waals surface area contributed by atoms with Crippen molar-refractivity contribution in [1.29, 1.82) is 0 Å². The number of nitrogens with zero attached hydrogens (tertiary/aromatic N) is 1. The Bertz CT molecular complexity index is 817. The van der Waals surface area contributed by atoms with Gasteiger partial charge < -0.3 is 14.7 Å². The summed E-state index contributed by atoms with van der Waals surface area (Å²) in [5.41, 5.74) is 0.783. The summed E-state index contributed by atoms with van der Waals surface area (Å²) in [7, 11) is 0. The van der Waals surface area contributed by atoms with Crippen LogP contribution in [-0.2, 0) is 9.59 Å². The standard InChI is InChI=1S/C20H19NO4/c1-20(19(23)24)10-11-21(12-20)18(22)17-13-6-2-4-8-15(13)25-16-9-5-3-7-14(16)17/h2-9,17H,10-12H2,1H3,(H,23,24). The summed E-state index contributed by atoms with van der Waals surface area (Å²) >= 11 is 0. The van der Waals surface area contributed by atoms with Crippen molar-refractivity contribution in [1.82, 2.24) is 4.90 Å². The molecule has 1 N–H and O–H groups in total. The fourth-order valence-electron chi connectivity index (χ4n) is 3.68. The normalized spacial score (nSPS) is 22.0. The lowest BCUT2D eigenvalue weighted by Crippen LogP contribution is -2.38. The average Bonchev–Trinajstić information content (AvgIpc) is 3.03. The van der Waals surface area contributed by atoms with Crippen LogP contribution in [0, 0.1) is 5.41 Å². The number of rotatable bonds is 2. The number of likely N-dealkylation sites (tertiary alicyclic amines) is 1. The number of para-hydroxylation sites is 2. The van der Waals surface area contributed by atoms with Gasteiger partial charge in [0.2, 0.25) is 5.91 Å². The Morgan fingerprint density at radius 2 is 1.64 bits per heavy atom. The highest BCUT2D eigenvalue weighted by Gasteiger charge is 2.45. The first-order chi connectivity index (χ1) is 12.0. The predicted octanol–water partition coefficient (Wildman–Crippen LogP) is 3.25. The molecule has 1 amide bonds. The summed E-state index contributed by atoms with van der Waals surface area (Å²) in [6.07, 6.45) is 0.473. The lowest BCUT2D eigenvalue weighted by atomic mass is 9.86. The van der Waals surface area contributed by atoms with Crippen molar-refractivity contribution in [3.05, 3.63) is 59.7 Å². The van der Waals surface area contributed by atoms with Crippen molar-refractivity contribution in [2.75, 3.05) is 13.1 Å². The minimum absolute atomic E-state index is 0.0619. The van der Waals surface area contributed by atoms with Crippen LogP contribution >= 0.6 is 0 Å². The Labute approximate surface area is 145 Å². The zero-order chi connectivity index (χ0) is 17.6. The number of amides is 1. The van der Waals surface area contributed by atoms with Gasteiger partial charge in [-0.1, -0.05) is 36.4 Å². The highest BCUT2D eigenvalue weighted by molar-refractivity contribution is 5.90. The van der Waals surface area contributed by atoms with E-state index in [0.29, 0.717) is 24.5 Å². The van der Waals surface area contributed by atoms with Crippen molar-refractivity contribution >= 4 is 11.9 Å². The first-order valence-electron chi connectivity index (χ1n) is 8.37. The van der Waals surface area contributed by atoms with Gasteiger partial charge in [0, 0.05) is 24.2 Å². The molecule has 0 aliphatic carbocycles. The van der Waals surface area contributed by atoms with Gasteiger partial charge in [-0.3, -0.25) is 9.59 Å². The van der Waals surface area contributed by atoms with Gasteiger partial charge in [0.1, 0.15) is 11.5 Å². The zero-order valence-electron chi connectivity index (χ0n) is 13.9. The number of benzene rings is 2. The number of hydrogen-bond acceptors (Lipinski definition) is 3. The summed E-state index contributed by atoms with van der Waals surface area (Å²) in [6, 6.07) is 15.1. The second-order valence-corrected chi connectivity index (χ2v) is 6.99. The molecule has 1 saturated heterocycles. The van der Waals surface area contributed by atoms with Gasteiger partial charge >= 0.3 is 5.97 Å². The number of carbonyl (C=O) groups is 2. The van der Waals surface area contributed by atoms with Crippen LogP contribution in [0.3, 0.4) is 0 Å². The molecule has 2 aliphatic heterocycles. The molecule has 0 aromatic heterocycles. The Balaban J connectivity index is 1.73. The Kier molecular flexibility index (Phi) is 3.53. The minimum atomic E-state index is -0.875. The van der Waals surface area contributed by atoms with Crippen LogP contribution in [0.1, 0.15) is 30.4 Å². The second kappa shape index (κ2) is 5.62. The fraction of sp³-hybridized carbons (Fsp3) is 0.300. The molecule has 4 rings (SSSR count). The molecular formula is C20H19NO4. The third-order valence-corrected chi connectivity index (χ3v) is 5.23. The molecule has 2 aromatic carbocycles. The van der Waals surface area contributed by atoms with E-state index in [2.05, 4.69) is 0 Å². The van der Waals surface area contributed by atoms with Gasteiger partial charge in [0.25, 0.3) is 0 Å². The Morgan fingerprint density at radius 1 is 1.08 bits per heavy atom. The summed E-state index contributed by atoms with van der Waals surface area (Å²) in [4.78, 5) is 26.5. The molecule has 0 spiro atoms. The van der Waals surface area contributed by atoms with E-state index in [9.17, 15) is 14.7 Å².